The number of aromatic nitrogens is 2. The van der Waals surface area contributed by atoms with Crippen molar-refractivity contribution in [2.75, 3.05) is 10.6 Å². The van der Waals surface area contributed by atoms with E-state index in [9.17, 15) is 13.2 Å². The van der Waals surface area contributed by atoms with Crippen molar-refractivity contribution in [3.8, 4) is 0 Å². The molecular weight excluding hydrogens is 365 g/mol. The fourth-order valence-electron chi connectivity index (χ4n) is 2.23. The Kier molecular flexibility index (Phi) is 5.27. The first-order chi connectivity index (χ1) is 12.4. The van der Waals surface area contributed by atoms with E-state index in [4.69, 9.17) is 11.6 Å². The average Bonchev–Trinajstić information content (AvgIpc) is 2.63. The summed E-state index contributed by atoms with van der Waals surface area (Å²) in [5, 5.41) is 6.05. The Morgan fingerprint density at radius 2 is 1.77 bits per heavy atom. The van der Waals surface area contributed by atoms with Crippen LogP contribution in [0.1, 0.15) is 11.1 Å². The second kappa shape index (κ2) is 7.61. The van der Waals surface area contributed by atoms with Crippen LogP contribution in [-0.4, -0.2) is 9.97 Å². The molecule has 0 saturated heterocycles. The molecule has 0 bridgehead atoms. The van der Waals surface area contributed by atoms with Gasteiger partial charge in [-0.3, -0.25) is 0 Å². The van der Waals surface area contributed by atoms with Crippen molar-refractivity contribution in [3.63, 3.8) is 0 Å². The van der Waals surface area contributed by atoms with Crippen LogP contribution in [0.25, 0.3) is 0 Å². The van der Waals surface area contributed by atoms with E-state index in [-0.39, 0.29) is 16.5 Å². The highest BCUT2D eigenvalue weighted by molar-refractivity contribution is 6.32. The molecule has 0 unspecified atom stereocenters. The molecule has 0 aliphatic carbocycles. The van der Waals surface area contributed by atoms with E-state index in [1.807, 2.05) is 30.3 Å². The molecule has 3 rings (SSSR count). The average molecular weight is 379 g/mol. The Hall–Kier alpha value is -2.80. The fraction of sp³-hybridized carbons (Fsp3) is 0.111. The van der Waals surface area contributed by atoms with Crippen molar-refractivity contribution in [2.24, 2.45) is 0 Å². The third-order valence-electron chi connectivity index (χ3n) is 3.49. The van der Waals surface area contributed by atoms with Crippen LogP contribution in [0.15, 0.2) is 60.8 Å². The van der Waals surface area contributed by atoms with Crippen LogP contribution >= 0.6 is 11.6 Å². The minimum absolute atomic E-state index is 0.202. The smallest absolute Gasteiger partial charge is 0.350 e. The van der Waals surface area contributed by atoms with Gasteiger partial charge in [-0.1, -0.05) is 48.0 Å². The quantitative estimate of drug-likeness (QED) is 0.615. The highest BCUT2D eigenvalue weighted by Crippen LogP contribution is 2.32. The van der Waals surface area contributed by atoms with Gasteiger partial charge in [0.1, 0.15) is 5.02 Å². The number of anilines is 3. The molecule has 1 heterocycles. The van der Waals surface area contributed by atoms with Crippen LogP contribution in [-0.2, 0) is 12.7 Å². The van der Waals surface area contributed by atoms with E-state index in [0.717, 1.165) is 17.7 Å². The third kappa shape index (κ3) is 4.64. The molecule has 0 aliphatic rings. The Morgan fingerprint density at radius 1 is 1.00 bits per heavy atom. The van der Waals surface area contributed by atoms with Crippen LogP contribution in [0.2, 0.25) is 5.02 Å². The molecule has 2 aromatic carbocycles. The Labute approximate surface area is 153 Å². The number of nitrogens with one attached hydrogen (secondary N) is 2. The highest BCUT2D eigenvalue weighted by atomic mass is 35.5. The van der Waals surface area contributed by atoms with Crippen molar-refractivity contribution in [3.05, 3.63) is 76.9 Å². The second-order valence-electron chi connectivity index (χ2n) is 5.43. The first-order valence-corrected chi connectivity index (χ1v) is 8.04. The number of hydrogen-bond donors (Lipinski definition) is 2. The van der Waals surface area contributed by atoms with Gasteiger partial charge in [0.2, 0.25) is 5.95 Å². The SMILES string of the molecule is FC(F)(F)c1cccc(Nc2nc(NCc3ccccc3)ncc2Cl)c1. The lowest BCUT2D eigenvalue weighted by Crippen LogP contribution is -2.07. The number of hydrogen-bond acceptors (Lipinski definition) is 4. The molecule has 0 saturated carbocycles. The minimum atomic E-state index is -4.42. The molecule has 0 spiro atoms. The molecule has 0 aliphatic heterocycles. The molecule has 8 heteroatoms. The molecule has 26 heavy (non-hydrogen) atoms. The monoisotopic (exact) mass is 378 g/mol. The van der Waals surface area contributed by atoms with Gasteiger partial charge in [0.25, 0.3) is 0 Å². The zero-order valence-corrected chi connectivity index (χ0v) is 14.1. The summed E-state index contributed by atoms with van der Waals surface area (Å²) < 4.78 is 38.5. The summed E-state index contributed by atoms with van der Waals surface area (Å²) in [6, 6.07) is 14.5. The first kappa shape index (κ1) is 18.0. The number of alkyl halides is 3. The summed E-state index contributed by atoms with van der Waals surface area (Å²) in [5.41, 5.74) is 0.517. The minimum Gasteiger partial charge on any atom is -0.350 e. The van der Waals surface area contributed by atoms with Gasteiger partial charge in [-0.25, -0.2) is 4.98 Å². The molecular formula is C18H14ClF3N4. The first-order valence-electron chi connectivity index (χ1n) is 7.66. The molecule has 134 valence electrons. The van der Waals surface area contributed by atoms with Crippen molar-refractivity contribution in [2.45, 2.75) is 12.7 Å². The van der Waals surface area contributed by atoms with Crippen LogP contribution < -0.4 is 10.6 Å². The Balaban J connectivity index is 1.76. The summed E-state index contributed by atoms with van der Waals surface area (Å²) >= 11 is 6.06. The fourth-order valence-corrected chi connectivity index (χ4v) is 2.37. The van der Waals surface area contributed by atoms with E-state index in [1.54, 1.807) is 0 Å². The molecule has 3 aromatic rings. The lowest BCUT2D eigenvalue weighted by molar-refractivity contribution is -0.137. The van der Waals surface area contributed by atoms with Gasteiger partial charge in [-0.05, 0) is 23.8 Å². The molecule has 1 aromatic heterocycles. The van der Waals surface area contributed by atoms with Crippen LogP contribution in [0.4, 0.5) is 30.6 Å². The van der Waals surface area contributed by atoms with Crippen molar-refractivity contribution in [1.29, 1.82) is 0 Å². The molecule has 0 amide bonds. The van der Waals surface area contributed by atoms with Gasteiger partial charge in [-0.15, -0.1) is 0 Å². The van der Waals surface area contributed by atoms with E-state index in [1.165, 1.54) is 18.3 Å². The van der Waals surface area contributed by atoms with Crippen molar-refractivity contribution < 1.29 is 13.2 Å². The normalized spacial score (nSPS) is 11.2. The number of halogens is 4. The topological polar surface area (TPSA) is 49.8 Å². The molecule has 4 nitrogen and oxygen atoms in total. The third-order valence-corrected chi connectivity index (χ3v) is 3.77. The maximum absolute atomic E-state index is 12.8. The van der Waals surface area contributed by atoms with Crippen LogP contribution in [0.5, 0.6) is 0 Å². The molecule has 0 atom stereocenters. The number of benzene rings is 2. The van der Waals surface area contributed by atoms with E-state index in [2.05, 4.69) is 20.6 Å². The predicted octanol–water partition coefficient (Wildman–Crippen LogP) is 5.50. The largest absolute Gasteiger partial charge is 0.416 e. The maximum atomic E-state index is 12.8. The number of rotatable bonds is 5. The second-order valence-corrected chi connectivity index (χ2v) is 5.84. The summed E-state index contributed by atoms with van der Waals surface area (Å²) in [4.78, 5) is 8.31. The zero-order chi connectivity index (χ0) is 18.6. The lowest BCUT2D eigenvalue weighted by atomic mass is 10.2. The van der Waals surface area contributed by atoms with Gasteiger partial charge in [0, 0.05) is 12.2 Å². The number of nitrogens with zero attached hydrogens (tertiary/aromatic N) is 2. The van der Waals surface area contributed by atoms with Gasteiger partial charge in [0.15, 0.2) is 5.82 Å². The van der Waals surface area contributed by atoms with Crippen LogP contribution in [0, 0.1) is 0 Å². The standard InChI is InChI=1S/C18H14ClF3N4/c19-15-11-24-17(23-10-12-5-2-1-3-6-12)26-16(15)25-14-8-4-7-13(9-14)18(20,21)22/h1-9,11H,10H2,(H2,23,24,25,26). The Morgan fingerprint density at radius 3 is 2.50 bits per heavy atom. The summed E-state index contributed by atoms with van der Waals surface area (Å²) in [7, 11) is 0. The molecule has 2 N–H and O–H groups in total. The summed E-state index contributed by atoms with van der Waals surface area (Å²) in [6.07, 6.45) is -3.03. The van der Waals surface area contributed by atoms with Gasteiger partial charge >= 0.3 is 6.18 Å². The molecule has 0 fully saturated rings. The van der Waals surface area contributed by atoms with Gasteiger partial charge in [-0.2, -0.15) is 18.2 Å². The molecule has 0 radical (unpaired) electrons. The van der Waals surface area contributed by atoms with E-state index >= 15 is 0 Å². The predicted molar refractivity (Wildman–Crippen MR) is 95.5 cm³/mol. The Bertz CT molecular complexity index is 885. The van der Waals surface area contributed by atoms with E-state index in [0.29, 0.717) is 12.5 Å². The highest BCUT2D eigenvalue weighted by Gasteiger charge is 2.30. The lowest BCUT2D eigenvalue weighted by Gasteiger charge is -2.12. The van der Waals surface area contributed by atoms with Crippen molar-refractivity contribution in [1.82, 2.24) is 9.97 Å². The maximum Gasteiger partial charge on any atom is 0.416 e. The summed E-state index contributed by atoms with van der Waals surface area (Å²) in [5.74, 6) is 0.532. The van der Waals surface area contributed by atoms with Crippen molar-refractivity contribution >= 4 is 29.1 Å². The summed E-state index contributed by atoms with van der Waals surface area (Å²) in [6.45, 7) is 0.505. The van der Waals surface area contributed by atoms with E-state index < -0.39 is 11.7 Å². The van der Waals surface area contributed by atoms with Gasteiger partial charge in [0.05, 0.1) is 11.8 Å². The van der Waals surface area contributed by atoms with Gasteiger partial charge < -0.3 is 10.6 Å². The van der Waals surface area contributed by atoms with Crippen LogP contribution in [0.3, 0.4) is 0 Å². The zero-order valence-electron chi connectivity index (χ0n) is 13.4.